The first kappa shape index (κ1) is 8.75. The van der Waals surface area contributed by atoms with Crippen LogP contribution in [0, 0.1) is 6.92 Å². The van der Waals surface area contributed by atoms with E-state index in [1.165, 1.54) is 11.1 Å². The first-order valence-electron chi connectivity index (χ1n) is 4.55. The van der Waals surface area contributed by atoms with Crippen molar-refractivity contribution in [2.75, 3.05) is 5.73 Å². The number of hydrogen-bond acceptors (Lipinski definition) is 2. The molecule has 0 bridgehead atoms. The molecule has 0 unspecified atom stereocenters. The summed E-state index contributed by atoms with van der Waals surface area (Å²) in [6.07, 6.45) is 1.73. The summed E-state index contributed by atoms with van der Waals surface area (Å²) in [5, 5.41) is 0. The number of benzene rings is 1. The van der Waals surface area contributed by atoms with Gasteiger partial charge in [-0.3, -0.25) is 0 Å². The number of hydrogen-bond donors (Lipinski definition) is 1. The van der Waals surface area contributed by atoms with E-state index in [-0.39, 0.29) is 0 Å². The van der Waals surface area contributed by atoms with Crippen LogP contribution in [0.4, 0.5) is 5.82 Å². The zero-order valence-corrected chi connectivity index (χ0v) is 8.07. The number of nitrogens with two attached hydrogens (primary N) is 1. The second-order valence-corrected chi connectivity index (χ2v) is 3.28. The van der Waals surface area contributed by atoms with Gasteiger partial charge in [-0.2, -0.15) is 0 Å². The van der Waals surface area contributed by atoms with Crippen LogP contribution in [-0.4, -0.2) is 4.98 Å². The van der Waals surface area contributed by atoms with Crippen molar-refractivity contribution in [1.29, 1.82) is 0 Å². The molecule has 0 aliphatic rings. The van der Waals surface area contributed by atoms with Gasteiger partial charge in [-0.05, 0) is 35.7 Å². The van der Waals surface area contributed by atoms with E-state index in [2.05, 4.69) is 24.0 Å². The van der Waals surface area contributed by atoms with Crippen molar-refractivity contribution < 1.29 is 0 Å². The third kappa shape index (κ3) is 1.59. The molecule has 0 atom stereocenters. The molecule has 2 N–H and O–H groups in total. The highest BCUT2D eigenvalue weighted by Crippen LogP contribution is 2.23. The average molecular weight is 184 g/mol. The van der Waals surface area contributed by atoms with Gasteiger partial charge in [0, 0.05) is 6.20 Å². The zero-order valence-electron chi connectivity index (χ0n) is 8.07. The molecular weight excluding hydrogens is 172 g/mol. The molecule has 0 aliphatic heterocycles. The highest BCUT2D eigenvalue weighted by atomic mass is 14.8. The summed E-state index contributed by atoms with van der Waals surface area (Å²) in [4.78, 5) is 3.97. The van der Waals surface area contributed by atoms with Crippen molar-refractivity contribution in [3.05, 3.63) is 48.2 Å². The first-order valence-corrected chi connectivity index (χ1v) is 4.55. The molecule has 0 radical (unpaired) electrons. The quantitative estimate of drug-likeness (QED) is 0.740. The fourth-order valence-corrected chi connectivity index (χ4v) is 1.51. The molecule has 2 aromatic rings. The lowest BCUT2D eigenvalue weighted by atomic mass is 10.0. The fourth-order valence-electron chi connectivity index (χ4n) is 1.51. The van der Waals surface area contributed by atoms with Crippen molar-refractivity contribution >= 4 is 5.82 Å². The van der Waals surface area contributed by atoms with Crippen molar-refractivity contribution in [2.24, 2.45) is 0 Å². The monoisotopic (exact) mass is 184 g/mol. The van der Waals surface area contributed by atoms with Crippen molar-refractivity contribution in [3.8, 4) is 11.1 Å². The lowest BCUT2D eigenvalue weighted by Gasteiger charge is -2.05. The Morgan fingerprint density at radius 3 is 2.64 bits per heavy atom. The second kappa shape index (κ2) is 3.50. The summed E-state index contributed by atoms with van der Waals surface area (Å²) >= 11 is 0. The Kier molecular flexibility index (Phi) is 2.19. The number of aryl methyl sites for hydroxylation is 1. The van der Waals surface area contributed by atoms with Gasteiger partial charge in [-0.15, -0.1) is 0 Å². The smallest absolute Gasteiger partial charge is 0.123 e. The van der Waals surface area contributed by atoms with E-state index in [0.717, 1.165) is 5.56 Å². The molecule has 0 aliphatic carbocycles. The van der Waals surface area contributed by atoms with E-state index in [1.54, 1.807) is 6.20 Å². The van der Waals surface area contributed by atoms with Gasteiger partial charge in [0.05, 0.1) is 0 Å². The minimum atomic E-state index is 0.561. The van der Waals surface area contributed by atoms with Gasteiger partial charge in [-0.1, -0.05) is 24.3 Å². The van der Waals surface area contributed by atoms with E-state index in [1.807, 2.05) is 24.3 Å². The van der Waals surface area contributed by atoms with Gasteiger partial charge in [0.25, 0.3) is 0 Å². The summed E-state index contributed by atoms with van der Waals surface area (Å²) in [5.41, 5.74) is 9.21. The third-order valence-corrected chi connectivity index (χ3v) is 2.24. The standard InChI is InChI=1S/C12H12N2/c1-9-4-2-3-5-11(9)10-6-7-14-12(13)8-10/h2-8H,1H3,(H2,13,14). The van der Waals surface area contributed by atoms with Crippen molar-refractivity contribution in [1.82, 2.24) is 4.98 Å². The SMILES string of the molecule is Cc1ccccc1-c1ccnc(N)c1. The first-order chi connectivity index (χ1) is 6.77. The number of nitrogens with zero attached hydrogens (tertiary/aromatic N) is 1. The summed E-state index contributed by atoms with van der Waals surface area (Å²) in [6.45, 7) is 2.09. The van der Waals surface area contributed by atoms with E-state index in [9.17, 15) is 0 Å². The normalized spacial score (nSPS) is 10.1. The lowest BCUT2D eigenvalue weighted by molar-refractivity contribution is 1.33. The third-order valence-electron chi connectivity index (χ3n) is 2.24. The molecule has 1 aromatic carbocycles. The van der Waals surface area contributed by atoms with Crippen molar-refractivity contribution in [2.45, 2.75) is 6.92 Å². The van der Waals surface area contributed by atoms with E-state index < -0.39 is 0 Å². The van der Waals surface area contributed by atoms with E-state index in [0.29, 0.717) is 5.82 Å². The Morgan fingerprint density at radius 2 is 1.93 bits per heavy atom. The Morgan fingerprint density at radius 1 is 1.14 bits per heavy atom. The number of nitrogen functional groups attached to an aromatic ring is 1. The molecule has 0 fully saturated rings. The van der Waals surface area contributed by atoms with Gasteiger partial charge >= 0.3 is 0 Å². The zero-order chi connectivity index (χ0) is 9.97. The van der Waals surface area contributed by atoms with Crippen LogP contribution in [0.25, 0.3) is 11.1 Å². The minimum absolute atomic E-state index is 0.561. The average Bonchev–Trinajstić information content (AvgIpc) is 2.18. The number of rotatable bonds is 1. The van der Waals surface area contributed by atoms with Crippen LogP contribution in [0.5, 0.6) is 0 Å². The maximum Gasteiger partial charge on any atom is 0.123 e. The molecule has 70 valence electrons. The van der Waals surface area contributed by atoms with Crippen LogP contribution in [-0.2, 0) is 0 Å². The molecule has 0 amide bonds. The molecule has 0 saturated carbocycles. The van der Waals surface area contributed by atoms with E-state index in [4.69, 9.17) is 5.73 Å². The summed E-state index contributed by atoms with van der Waals surface area (Å²) in [7, 11) is 0. The summed E-state index contributed by atoms with van der Waals surface area (Å²) in [6, 6.07) is 12.1. The molecule has 1 heterocycles. The topological polar surface area (TPSA) is 38.9 Å². The Bertz CT molecular complexity index is 450. The molecule has 2 heteroatoms. The summed E-state index contributed by atoms with van der Waals surface area (Å²) < 4.78 is 0. The molecule has 2 nitrogen and oxygen atoms in total. The number of pyridine rings is 1. The van der Waals surface area contributed by atoms with Crippen LogP contribution in [0.15, 0.2) is 42.6 Å². The minimum Gasteiger partial charge on any atom is -0.384 e. The van der Waals surface area contributed by atoms with Crippen molar-refractivity contribution in [3.63, 3.8) is 0 Å². The van der Waals surface area contributed by atoms with Gasteiger partial charge in [0.2, 0.25) is 0 Å². The molecule has 2 rings (SSSR count). The van der Waals surface area contributed by atoms with E-state index >= 15 is 0 Å². The molecule has 1 aromatic heterocycles. The van der Waals surface area contributed by atoms with Crippen LogP contribution in [0.1, 0.15) is 5.56 Å². The summed E-state index contributed by atoms with van der Waals surface area (Å²) in [5.74, 6) is 0.561. The van der Waals surface area contributed by atoms with Crippen LogP contribution < -0.4 is 5.73 Å². The number of aromatic nitrogens is 1. The highest BCUT2D eigenvalue weighted by Gasteiger charge is 2.00. The van der Waals surface area contributed by atoms with Crippen LogP contribution >= 0.6 is 0 Å². The van der Waals surface area contributed by atoms with Gasteiger partial charge in [-0.25, -0.2) is 4.98 Å². The second-order valence-electron chi connectivity index (χ2n) is 3.28. The highest BCUT2D eigenvalue weighted by molar-refractivity contribution is 5.68. The van der Waals surface area contributed by atoms with Gasteiger partial charge < -0.3 is 5.73 Å². The maximum atomic E-state index is 5.63. The molecule has 0 spiro atoms. The van der Waals surface area contributed by atoms with Gasteiger partial charge in [0.15, 0.2) is 0 Å². The predicted molar refractivity (Wildman–Crippen MR) is 58.8 cm³/mol. The predicted octanol–water partition coefficient (Wildman–Crippen LogP) is 2.64. The Labute approximate surface area is 83.4 Å². The lowest BCUT2D eigenvalue weighted by Crippen LogP contribution is -1.90. The molecular formula is C12H12N2. The number of anilines is 1. The molecule has 0 saturated heterocycles. The Balaban J connectivity index is 2.55. The van der Waals surface area contributed by atoms with Gasteiger partial charge in [0.1, 0.15) is 5.82 Å². The van der Waals surface area contributed by atoms with Crippen LogP contribution in [0.2, 0.25) is 0 Å². The fraction of sp³-hybridized carbons (Fsp3) is 0.0833. The van der Waals surface area contributed by atoms with Crippen LogP contribution in [0.3, 0.4) is 0 Å². The Hall–Kier alpha value is -1.83. The largest absolute Gasteiger partial charge is 0.384 e. The molecule has 14 heavy (non-hydrogen) atoms. The maximum absolute atomic E-state index is 5.63.